The third-order valence-corrected chi connectivity index (χ3v) is 4.08. The fraction of sp³-hybridized carbons (Fsp3) is 0.647. The number of quaternary nitrogens is 1. The normalized spacial score (nSPS) is 22.2. The van der Waals surface area contributed by atoms with Crippen molar-refractivity contribution in [1.82, 2.24) is 0 Å². The van der Waals surface area contributed by atoms with Gasteiger partial charge in [0.05, 0.1) is 12.2 Å². The number of carbonyl (C=O) groups excluding carboxylic acids is 1. The maximum atomic E-state index is 11.0. The van der Waals surface area contributed by atoms with Gasteiger partial charge >= 0.3 is 0 Å². The molecule has 1 rings (SSSR count). The van der Waals surface area contributed by atoms with Crippen LogP contribution in [0.2, 0.25) is 0 Å². The molecule has 0 aromatic carbocycles. The summed E-state index contributed by atoms with van der Waals surface area (Å²) in [6.07, 6.45) is 15.1. The zero-order valence-corrected chi connectivity index (χ0v) is 13.8. The molecule has 1 heterocycles. The number of allylic oxidation sites excluding steroid dienone is 2. The summed E-state index contributed by atoms with van der Waals surface area (Å²) in [5.41, 5.74) is 6.01. The lowest BCUT2D eigenvalue weighted by Gasteiger charge is -2.36. The SMILES string of the molecule is CC/C=C/CCCCCCC1=NC=C[N+]1(CC(=O)[O-])C(C)N. The van der Waals surface area contributed by atoms with Gasteiger partial charge in [-0.2, -0.15) is 0 Å². The van der Waals surface area contributed by atoms with Crippen molar-refractivity contribution in [3.05, 3.63) is 24.6 Å². The maximum Gasteiger partial charge on any atom is 0.209 e. The van der Waals surface area contributed by atoms with E-state index in [1.165, 1.54) is 12.8 Å². The van der Waals surface area contributed by atoms with Gasteiger partial charge in [-0.1, -0.05) is 31.9 Å². The van der Waals surface area contributed by atoms with Crippen LogP contribution in [0.5, 0.6) is 0 Å². The molecule has 0 bridgehead atoms. The predicted octanol–water partition coefficient (Wildman–Crippen LogP) is 2.05. The van der Waals surface area contributed by atoms with Crippen LogP contribution in [-0.2, 0) is 4.79 Å². The van der Waals surface area contributed by atoms with E-state index in [-0.39, 0.29) is 17.2 Å². The van der Waals surface area contributed by atoms with Crippen LogP contribution in [0.3, 0.4) is 0 Å². The largest absolute Gasteiger partial charge is 0.544 e. The van der Waals surface area contributed by atoms with E-state index < -0.39 is 5.97 Å². The topological polar surface area (TPSA) is 78.5 Å². The second-order valence-corrected chi connectivity index (χ2v) is 5.88. The first-order valence-electron chi connectivity index (χ1n) is 8.25. The highest BCUT2D eigenvalue weighted by molar-refractivity contribution is 5.81. The summed E-state index contributed by atoms with van der Waals surface area (Å²) >= 11 is 0. The van der Waals surface area contributed by atoms with Crippen molar-refractivity contribution >= 4 is 11.8 Å². The molecule has 0 radical (unpaired) electrons. The van der Waals surface area contributed by atoms with Crippen LogP contribution in [0.25, 0.3) is 0 Å². The summed E-state index contributed by atoms with van der Waals surface area (Å²) < 4.78 is 0.0988. The molecule has 0 saturated heterocycles. The molecule has 124 valence electrons. The fourth-order valence-corrected chi connectivity index (χ4v) is 2.76. The van der Waals surface area contributed by atoms with Gasteiger partial charge in [-0.05, 0) is 25.7 Å². The monoisotopic (exact) mass is 307 g/mol. The Kier molecular flexibility index (Phi) is 8.06. The molecule has 0 fully saturated rings. The molecule has 5 heteroatoms. The average Bonchev–Trinajstić information content (AvgIpc) is 2.85. The van der Waals surface area contributed by atoms with Crippen molar-refractivity contribution in [1.29, 1.82) is 0 Å². The van der Waals surface area contributed by atoms with E-state index in [1.807, 2.05) is 6.92 Å². The average molecular weight is 307 g/mol. The van der Waals surface area contributed by atoms with Crippen molar-refractivity contribution in [3.63, 3.8) is 0 Å². The zero-order valence-electron chi connectivity index (χ0n) is 13.8. The third-order valence-electron chi connectivity index (χ3n) is 4.08. The van der Waals surface area contributed by atoms with Gasteiger partial charge in [0.1, 0.15) is 18.9 Å². The van der Waals surface area contributed by atoms with E-state index in [0.717, 1.165) is 37.9 Å². The van der Waals surface area contributed by atoms with Crippen molar-refractivity contribution in [2.75, 3.05) is 6.54 Å². The standard InChI is InChI=1S/C17H29N3O2/c1-3-4-5-6-7-8-9-10-11-16-19-12-13-20(16,15(2)18)14-17(21)22/h4-5,12-13,15H,3,6-11,14,18H2,1-2H3/b5-4+. The Balaban J connectivity index is 2.38. The highest BCUT2D eigenvalue weighted by Gasteiger charge is 2.38. The van der Waals surface area contributed by atoms with Gasteiger partial charge in [-0.25, -0.2) is 9.48 Å². The van der Waals surface area contributed by atoms with Crippen LogP contribution < -0.4 is 10.8 Å². The molecule has 0 amide bonds. The highest BCUT2D eigenvalue weighted by atomic mass is 16.4. The van der Waals surface area contributed by atoms with E-state index in [1.54, 1.807) is 12.4 Å². The van der Waals surface area contributed by atoms with Crippen LogP contribution in [0.4, 0.5) is 0 Å². The number of hydrogen-bond donors (Lipinski definition) is 1. The molecule has 1 aliphatic rings. The molecule has 5 nitrogen and oxygen atoms in total. The quantitative estimate of drug-likeness (QED) is 0.360. The van der Waals surface area contributed by atoms with Gasteiger partial charge in [0.15, 0.2) is 0 Å². The molecule has 1 aliphatic heterocycles. The van der Waals surface area contributed by atoms with Crippen molar-refractivity contribution in [2.45, 2.75) is 65.0 Å². The summed E-state index contributed by atoms with van der Waals surface area (Å²) in [6, 6.07) is 0. The number of carboxylic acid groups (broad SMARTS) is 1. The molecule has 2 atom stereocenters. The molecule has 0 spiro atoms. The van der Waals surface area contributed by atoms with Gasteiger partial charge < -0.3 is 9.90 Å². The molecule has 0 aromatic rings. The van der Waals surface area contributed by atoms with Crippen LogP contribution in [0.1, 0.15) is 58.8 Å². The number of carbonyl (C=O) groups is 1. The van der Waals surface area contributed by atoms with Crippen LogP contribution in [0, 0.1) is 0 Å². The second-order valence-electron chi connectivity index (χ2n) is 5.88. The molecule has 0 aromatic heterocycles. The number of nitrogens with two attached hydrogens (primary N) is 1. The van der Waals surface area contributed by atoms with Crippen LogP contribution >= 0.6 is 0 Å². The number of aliphatic imine (C=N–C) groups is 1. The van der Waals surface area contributed by atoms with E-state index >= 15 is 0 Å². The minimum absolute atomic E-state index is 0.0988. The van der Waals surface area contributed by atoms with Crippen LogP contribution in [-0.4, -0.2) is 29.0 Å². The summed E-state index contributed by atoms with van der Waals surface area (Å²) in [5, 5.41) is 11.0. The molecule has 2 N–H and O–H groups in total. The third kappa shape index (κ3) is 5.39. The van der Waals surface area contributed by atoms with Crippen molar-refractivity contribution < 1.29 is 14.4 Å². The summed E-state index contributed by atoms with van der Waals surface area (Å²) in [6.45, 7) is 3.81. The minimum atomic E-state index is -1.10. The Labute approximate surface area is 133 Å². The number of carboxylic acids is 1. The van der Waals surface area contributed by atoms with Gasteiger partial charge in [-0.15, -0.1) is 0 Å². The van der Waals surface area contributed by atoms with E-state index in [4.69, 9.17) is 5.73 Å². The first kappa shape index (κ1) is 18.6. The predicted molar refractivity (Wildman–Crippen MR) is 87.5 cm³/mol. The summed E-state index contributed by atoms with van der Waals surface area (Å²) in [7, 11) is 0. The van der Waals surface area contributed by atoms with Crippen LogP contribution in [0.15, 0.2) is 29.5 Å². The van der Waals surface area contributed by atoms with Gasteiger partial charge in [0.25, 0.3) is 0 Å². The van der Waals surface area contributed by atoms with E-state index in [2.05, 4.69) is 24.1 Å². The van der Waals surface area contributed by atoms with Crippen molar-refractivity contribution in [3.8, 4) is 0 Å². The van der Waals surface area contributed by atoms with E-state index in [9.17, 15) is 9.90 Å². The van der Waals surface area contributed by atoms with Gasteiger partial charge in [0, 0.05) is 13.3 Å². The van der Waals surface area contributed by atoms with Crippen molar-refractivity contribution in [2.24, 2.45) is 10.7 Å². The maximum absolute atomic E-state index is 11.0. The Morgan fingerprint density at radius 1 is 1.36 bits per heavy atom. The molecule has 22 heavy (non-hydrogen) atoms. The summed E-state index contributed by atoms with van der Waals surface area (Å²) in [4.78, 5) is 15.4. The molecular formula is C17H29N3O2. The van der Waals surface area contributed by atoms with Gasteiger partial charge in [-0.3, -0.25) is 5.73 Å². The first-order chi connectivity index (χ1) is 10.5. The number of hydrogen-bond acceptors (Lipinski definition) is 4. The fourth-order valence-electron chi connectivity index (χ4n) is 2.76. The highest BCUT2D eigenvalue weighted by Crippen LogP contribution is 2.23. The summed E-state index contributed by atoms with van der Waals surface area (Å²) in [5.74, 6) is -0.260. The smallest absolute Gasteiger partial charge is 0.209 e. The number of aliphatic carboxylic acids is 1. The molecular weight excluding hydrogens is 278 g/mol. The lowest BCUT2D eigenvalue weighted by molar-refractivity contribution is -0.808. The van der Waals surface area contributed by atoms with E-state index in [0.29, 0.717) is 0 Å². The molecule has 0 saturated carbocycles. The zero-order chi connectivity index (χ0) is 16.4. The molecule has 0 aliphatic carbocycles. The Morgan fingerprint density at radius 3 is 2.73 bits per heavy atom. The Bertz CT molecular complexity index is 441. The Morgan fingerprint density at radius 2 is 2.09 bits per heavy atom. The second kappa shape index (κ2) is 9.54. The molecule has 2 unspecified atom stereocenters. The lowest BCUT2D eigenvalue weighted by Crippen LogP contribution is -2.60. The Hall–Kier alpha value is -1.46. The number of nitrogens with zero attached hydrogens (tertiary/aromatic N) is 2. The minimum Gasteiger partial charge on any atom is -0.544 e. The number of amidine groups is 1. The first-order valence-corrected chi connectivity index (χ1v) is 8.25. The number of unbranched alkanes of at least 4 members (excludes halogenated alkanes) is 4. The number of rotatable bonds is 11. The van der Waals surface area contributed by atoms with Gasteiger partial charge in [0.2, 0.25) is 5.84 Å². The lowest BCUT2D eigenvalue weighted by atomic mass is 10.1.